The molecule has 0 amide bonds. The van der Waals surface area contributed by atoms with Gasteiger partial charge in [-0.2, -0.15) is 0 Å². The Hall–Kier alpha value is -1.07. The topological polar surface area (TPSA) is 24.9 Å². The van der Waals surface area contributed by atoms with Crippen LogP contribution in [-0.4, -0.2) is 16.9 Å². The van der Waals surface area contributed by atoms with Crippen LogP contribution in [0.2, 0.25) is 0 Å². The first-order valence-corrected chi connectivity index (χ1v) is 8.39. The maximum absolute atomic E-state index is 13.0. The average molecular weight is 367 g/mol. The van der Waals surface area contributed by atoms with E-state index in [0.717, 1.165) is 34.8 Å². The Labute approximate surface area is 136 Å². The van der Waals surface area contributed by atoms with Crippen molar-refractivity contribution in [3.63, 3.8) is 0 Å². The second-order valence-corrected chi connectivity index (χ2v) is 7.66. The van der Waals surface area contributed by atoms with E-state index in [1.165, 1.54) is 5.56 Å². The third-order valence-corrected chi connectivity index (χ3v) is 5.66. The molecule has 1 N–H and O–H groups in total. The van der Waals surface area contributed by atoms with Crippen molar-refractivity contribution in [1.29, 1.82) is 0 Å². The number of para-hydroxylation sites is 1. The minimum atomic E-state index is -2.40. The molecule has 0 atom stereocenters. The molecule has 0 unspecified atom stereocenters. The van der Waals surface area contributed by atoms with Crippen LogP contribution in [0.4, 0.5) is 8.78 Å². The van der Waals surface area contributed by atoms with Gasteiger partial charge in [0.25, 0.3) is 0 Å². The summed E-state index contributed by atoms with van der Waals surface area (Å²) in [4.78, 5) is 4.41. The summed E-state index contributed by atoms with van der Waals surface area (Å²) >= 11 is 3.52. The van der Waals surface area contributed by atoms with E-state index in [-0.39, 0.29) is 18.3 Å². The summed E-state index contributed by atoms with van der Waals surface area (Å²) < 4.78 is 27.0. The monoisotopic (exact) mass is 366 g/mol. The highest BCUT2D eigenvalue weighted by atomic mass is 79.9. The van der Waals surface area contributed by atoms with Gasteiger partial charge < -0.3 is 5.32 Å². The standard InChI is InChI=1S/C17H17BrF2N2/c18-14-3-1-2-13-11(4-5-21-15(13)14)8-22-12-6-16(7-12)9-17(19,20)10-16/h1-5,12,22H,6-10H2. The summed E-state index contributed by atoms with van der Waals surface area (Å²) in [6, 6.07) is 8.45. The first kappa shape index (κ1) is 14.5. The van der Waals surface area contributed by atoms with Crippen LogP contribution in [0, 0.1) is 5.41 Å². The molecule has 2 aliphatic rings. The van der Waals surface area contributed by atoms with E-state index in [1.54, 1.807) is 0 Å². The predicted molar refractivity (Wildman–Crippen MR) is 85.9 cm³/mol. The zero-order chi connectivity index (χ0) is 15.4. The van der Waals surface area contributed by atoms with Crippen LogP contribution in [0.25, 0.3) is 10.9 Å². The summed E-state index contributed by atoms with van der Waals surface area (Å²) in [5, 5.41) is 4.64. The van der Waals surface area contributed by atoms with E-state index in [4.69, 9.17) is 0 Å². The predicted octanol–water partition coefficient (Wildman–Crippen LogP) is 4.66. The maximum Gasteiger partial charge on any atom is 0.249 e. The molecular formula is C17H17BrF2N2. The first-order chi connectivity index (χ1) is 10.5. The van der Waals surface area contributed by atoms with Crippen molar-refractivity contribution in [1.82, 2.24) is 10.3 Å². The van der Waals surface area contributed by atoms with E-state index in [2.05, 4.69) is 32.3 Å². The third-order valence-electron chi connectivity index (χ3n) is 5.02. The van der Waals surface area contributed by atoms with Crippen LogP contribution in [0.1, 0.15) is 31.2 Å². The molecule has 2 aromatic rings. The molecule has 1 aromatic heterocycles. The van der Waals surface area contributed by atoms with Crippen LogP contribution < -0.4 is 5.32 Å². The summed E-state index contributed by atoms with van der Waals surface area (Å²) in [6.07, 6.45) is 3.76. The fourth-order valence-corrected chi connectivity index (χ4v) is 4.54. The third kappa shape index (κ3) is 2.44. The molecule has 2 nitrogen and oxygen atoms in total. The number of hydrogen-bond donors (Lipinski definition) is 1. The lowest BCUT2D eigenvalue weighted by atomic mass is 9.52. The van der Waals surface area contributed by atoms with Crippen LogP contribution >= 0.6 is 15.9 Å². The Balaban J connectivity index is 1.41. The van der Waals surface area contributed by atoms with Crippen LogP contribution in [-0.2, 0) is 6.54 Å². The van der Waals surface area contributed by atoms with Gasteiger partial charge in [0.1, 0.15) is 0 Å². The first-order valence-electron chi connectivity index (χ1n) is 7.60. The molecule has 0 aliphatic heterocycles. The molecule has 1 spiro atoms. The lowest BCUT2D eigenvalue weighted by molar-refractivity contribution is -0.198. The molecule has 2 fully saturated rings. The fraction of sp³-hybridized carbons (Fsp3) is 0.471. The number of nitrogens with one attached hydrogen (secondary N) is 1. The lowest BCUT2D eigenvalue weighted by Crippen LogP contribution is -2.58. The molecule has 0 radical (unpaired) electrons. The van der Waals surface area contributed by atoms with Crippen LogP contribution in [0.3, 0.4) is 0 Å². The molecular weight excluding hydrogens is 350 g/mol. The van der Waals surface area contributed by atoms with Crippen molar-refractivity contribution in [3.8, 4) is 0 Å². The normalized spacial score (nSPS) is 22.5. The largest absolute Gasteiger partial charge is 0.310 e. The second-order valence-electron chi connectivity index (χ2n) is 6.80. The molecule has 4 rings (SSSR count). The lowest BCUT2D eigenvalue weighted by Gasteiger charge is -2.57. The van der Waals surface area contributed by atoms with Gasteiger partial charge in [0.05, 0.1) is 5.52 Å². The highest BCUT2D eigenvalue weighted by molar-refractivity contribution is 9.10. The number of benzene rings is 1. The molecule has 1 aromatic carbocycles. The number of rotatable bonds is 3. The van der Waals surface area contributed by atoms with Crippen molar-refractivity contribution in [3.05, 3.63) is 40.5 Å². The van der Waals surface area contributed by atoms with E-state index in [0.29, 0.717) is 6.04 Å². The van der Waals surface area contributed by atoms with Gasteiger partial charge >= 0.3 is 0 Å². The summed E-state index contributed by atoms with van der Waals surface area (Å²) in [6.45, 7) is 0.757. The Morgan fingerprint density at radius 1 is 1.23 bits per heavy atom. The van der Waals surface area contributed by atoms with Crippen molar-refractivity contribution in [2.45, 2.75) is 44.2 Å². The number of hydrogen-bond acceptors (Lipinski definition) is 2. The van der Waals surface area contributed by atoms with Crippen LogP contribution in [0.15, 0.2) is 34.9 Å². The average Bonchev–Trinajstić information content (AvgIpc) is 2.41. The molecule has 2 aliphatic carbocycles. The molecule has 2 saturated carbocycles. The Kier molecular flexibility index (Phi) is 3.28. The number of nitrogens with zero attached hydrogens (tertiary/aromatic N) is 1. The maximum atomic E-state index is 13.0. The number of pyridine rings is 1. The van der Waals surface area contributed by atoms with E-state index in [1.807, 2.05) is 24.4 Å². The van der Waals surface area contributed by atoms with Gasteiger partial charge in [-0.25, -0.2) is 8.78 Å². The van der Waals surface area contributed by atoms with Crippen LogP contribution in [0.5, 0.6) is 0 Å². The minimum absolute atomic E-state index is 0.0650. The Morgan fingerprint density at radius 2 is 2.00 bits per heavy atom. The zero-order valence-electron chi connectivity index (χ0n) is 12.1. The van der Waals surface area contributed by atoms with Crippen molar-refractivity contribution in [2.24, 2.45) is 5.41 Å². The van der Waals surface area contributed by atoms with Gasteiger partial charge in [0, 0.05) is 41.5 Å². The van der Waals surface area contributed by atoms with Gasteiger partial charge in [0.2, 0.25) is 5.92 Å². The number of alkyl halides is 2. The van der Waals surface area contributed by atoms with Gasteiger partial charge in [-0.05, 0) is 51.9 Å². The molecule has 0 saturated heterocycles. The SMILES string of the molecule is FC1(F)CC2(CC(NCc3ccnc4c(Br)cccc34)C2)C1. The summed E-state index contributed by atoms with van der Waals surface area (Å²) in [5.41, 5.74) is 2.10. The molecule has 22 heavy (non-hydrogen) atoms. The van der Waals surface area contributed by atoms with Gasteiger partial charge in [-0.3, -0.25) is 4.98 Å². The minimum Gasteiger partial charge on any atom is -0.310 e. The molecule has 116 valence electrons. The molecule has 0 bridgehead atoms. The van der Waals surface area contributed by atoms with Gasteiger partial charge in [0.15, 0.2) is 0 Å². The van der Waals surface area contributed by atoms with E-state index < -0.39 is 5.92 Å². The van der Waals surface area contributed by atoms with Gasteiger partial charge in [-0.15, -0.1) is 0 Å². The number of fused-ring (bicyclic) bond motifs is 1. The highest BCUT2D eigenvalue weighted by Crippen LogP contribution is 2.62. The van der Waals surface area contributed by atoms with E-state index in [9.17, 15) is 8.78 Å². The Morgan fingerprint density at radius 3 is 2.73 bits per heavy atom. The van der Waals surface area contributed by atoms with Gasteiger partial charge in [-0.1, -0.05) is 12.1 Å². The summed E-state index contributed by atoms with van der Waals surface area (Å²) in [7, 11) is 0. The van der Waals surface area contributed by atoms with Crippen molar-refractivity contribution >= 4 is 26.8 Å². The van der Waals surface area contributed by atoms with E-state index >= 15 is 0 Å². The van der Waals surface area contributed by atoms with Crippen molar-refractivity contribution < 1.29 is 8.78 Å². The molecule has 5 heteroatoms. The molecule has 1 heterocycles. The number of halogens is 3. The smallest absolute Gasteiger partial charge is 0.249 e. The summed E-state index contributed by atoms with van der Waals surface area (Å²) in [5.74, 6) is -2.40. The number of aromatic nitrogens is 1. The zero-order valence-corrected chi connectivity index (χ0v) is 13.7. The highest BCUT2D eigenvalue weighted by Gasteiger charge is 2.61. The van der Waals surface area contributed by atoms with Crippen molar-refractivity contribution in [2.75, 3.05) is 0 Å². The fourth-order valence-electron chi connectivity index (χ4n) is 4.07. The Bertz CT molecular complexity index is 716. The second kappa shape index (κ2) is 4.96. The quantitative estimate of drug-likeness (QED) is 0.853.